The van der Waals surface area contributed by atoms with Crippen LogP contribution in [0, 0.1) is 0 Å². The van der Waals surface area contributed by atoms with Crippen LogP contribution in [-0.4, -0.2) is 35.9 Å². The molecule has 0 atom stereocenters. The lowest BCUT2D eigenvalue weighted by Gasteiger charge is -2.02. The fraction of sp³-hybridized carbons (Fsp3) is 0.300. The van der Waals surface area contributed by atoms with E-state index in [-0.39, 0.29) is 5.76 Å². The minimum Gasteiger partial charge on any atom is -0.476 e. The molecular weight excluding hydrogens is 244 g/mol. The number of hydrogen-bond donors (Lipinski definition) is 2. The van der Waals surface area contributed by atoms with E-state index in [1.165, 1.54) is 18.4 Å². The van der Waals surface area contributed by atoms with Crippen LogP contribution < -0.4 is 5.48 Å². The zero-order chi connectivity index (χ0) is 13.4. The Bertz CT molecular complexity index is 426. The number of aliphatic carboxylic acids is 1. The molecule has 0 aromatic carbocycles. The van der Waals surface area contributed by atoms with Gasteiger partial charge >= 0.3 is 5.97 Å². The number of furan rings is 1. The highest BCUT2D eigenvalue weighted by Gasteiger charge is 2.16. The monoisotopic (exact) mass is 256 g/mol. The first-order valence-corrected chi connectivity index (χ1v) is 5.03. The highest BCUT2D eigenvalue weighted by Crippen LogP contribution is 2.03. The maximum absolute atomic E-state index is 11.0. The van der Waals surface area contributed by atoms with E-state index in [0.717, 1.165) is 0 Å². The summed E-state index contributed by atoms with van der Waals surface area (Å²) in [6.45, 7) is 1.54. The molecule has 0 radical (unpaired) electrons. The van der Waals surface area contributed by atoms with Gasteiger partial charge in [-0.2, -0.15) is 0 Å². The first kappa shape index (κ1) is 13.7. The number of amides is 1. The van der Waals surface area contributed by atoms with Crippen molar-refractivity contribution in [3.8, 4) is 0 Å². The Morgan fingerprint density at radius 3 is 2.89 bits per heavy atom. The van der Waals surface area contributed by atoms with Gasteiger partial charge in [-0.15, -0.1) is 0 Å². The number of carboxylic acids is 1. The van der Waals surface area contributed by atoms with E-state index < -0.39 is 24.2 Å². The SMILES string of the molecule is CCONC(=O)CON=C(C(=O)O)c1ccco1. The summed E-state index contributed by atoms with van der Waals surface area (Å²) in [4.78, 5) is 31.1. The second-order valence-electron chi connectivity index (χ2n) is 2.95. The topological polar surface area (TPSA) is 110 Å². The number of rotatable bonds is 7. The first-order valence-electron chi connectivity index (χ1n) is 5.03. The summed E-state index contributed by atoms with van der Waals surface area (Å²) in [7, 11) is 0. The van der Waals surface area contributed by atoms with Gasteiger partial charge in [-0.25, -0.2) is 10.3 Å². The molecule has 8 nitrogen and oxygen atoms in total. The van der Waals surface area contributed by atoms with Gasteiger partial charge in [-0.3, -0.25) is 9.63 Å². The van der Waals surface area contributed by atoms with Crippen LogP contribution in [0.15, 0.2) is 28.0 Å². The Kier molecular flexibility index (Phi) is 5.39. The van der Waals surface area contributed by atoms with Gasteiger partial charge in [0.25, 0.3) is 5.91 Å². The van der Waals surface area contributed by atoms with Gasteiger partial charge in [0, 0.05) is 0 Å². The maximum Gasteiger partial charge on any atom is 0.361 e. The molecule has 0 unspecified atom stereocenters. The molecule has 0 spiro atoms. The summed E-state index contributed by atoms with van der Waals surface area (Å²) in [5, 5.41) is 12.2. The number of hydroxylamine groups is 1. The lowest BCUT2D eigenvalue weighted by atomic mass is 10.3. The summed E-state index contributed by atoms with van der Waals surface area (Å²) >= 11 is 0. The van der Waals surface area contributed by atoms with Crippen molar-refractivity contribution in [3.63, 3.8) is 0 Å². The average Bonchev–Trinajstić information content (AvgIpc) is 2.85. The molecule has 1 aromatic rings. The predicted molar refractivity (Wildman–Crippen MR) is 58.6 cm³/mol. The molecule has 1 rings (SSSR count). The molecule has 0 aliphatic rings. The normalized spacial score (nSPS) is 11.1. The average molecular weight is 256 g/mol. The van der Waals surface area contributed by atoms with E-state index in [2.05, 4.69) is 20.3 Å². The van der Waals surface area contributed by atoms with Crippen molar-refractivity contribution in [1.29, 1.82) is 0 Å². The zero-order valence-electron chi connectivity index (χ0n) is 9.58. The van der Waals surface area contributed by atoms with Crippen molar-refractivity contribution < 1.29 is 28.8 Å². The fourth-order valence-corrected chi connectivity index (χ4v) is 0.940. The Morgan fingerprint density at radius 2 is 2.33 bits per heavy atom. The number of oxime groups is 1. The summed E-state index contributed by atoms with van der Waals surface area (Å²) in [5.74, 6) is -1.87. The molecule has 0 aliphatic carbocycles. The third-order valence-corrected chi connectivity index (χ3v) is 1.64. The molecule has 0 fully saturated rings. The minimum atomic E-state index is -1.32. The van der Waals surface area contributed by atoms with E-state index in [4.69, 9.17) is 9.52 Å². The second kappa shape index (κ2) is 7.07. The summed E-state index contributed by atoms with van der Waals surface area (Å²) in [6.07, 6.45) is 1.30. The fourth-order valence-electron chi connectivity index (χ4n) is 0.940. The zero-order valence-corrected chi connectivity index (χ0v) is 9.58. The number of carboxylic acid groups (broad SMARTS) is 1. The number of carbonyl (C=O) groups excluding carboxylic acids is 1. The van der Waals surface area contributed by atoms with E-state index in [1.54, 1.807) is 6.92 Å². The quantitative estimate of drug-likeness (QED) is 0.530. The van der Waals surface area contributed by atoms with Crippen LogP contribution in [0.3, 0.4) is 0 Å². The first-order chi connectivity index (χ1) is 8.65. The van der Waals surface area contributed by atoms with Crippen LogP contribution in [-0.2, 0) is 19.3 Å². The number of carbonyl (C=O) groups is 2. The van der Waals surface area contributed by atoms with Crippen molar-refractivity contribution in [2.24, 2.45) is 5.16 Å². The van der Waals surface area contributed by atoms with Crippen LogP contribution in [0.25, 0.3) is 0 Å². The van der Waals surface area contributed by atoms with Crippen molar-refractivity contribution in [1.82, 2.24) is 5.48 Å². The molecule has 0 saturated heterocycles. The van der Waals surface area contributed by atoms with Crippen LogP contribution >= 0.6 is 0 Å². The maximum atomic E-state index is 11.0. The van der Waals surface area contributed by atoms with Crippen molar-refractivity contribution in [2.75, 3.05) is 13.2 Å². The Morgan fingerprint density at radius 1 is 1.56 bits per heavy atom. The Balaban J connectivity index is 2.53. The number of nitrogens with zero attached hydrogens (tertiary/aromatic N) is 1. The van der Waals surface area contributed by atoms with Crippen molar-refractivity contribution in [2.45, 2.75) is 6.92 Å². The molecule has 0 saturated carbocycles. The van der Waals surface area contributed by atoms with Gasteiger partial charge in [-0.05, 0) is 19.1 Å². The molecule has 8 heteroatoms. The molecule has 2 N–H and O–H groups in total. The lowest BCUT2D eigenvalue weighted by molar-refractivity contribution is -0.138. The minimum absolute atomic E-state index is 0.0349. The Labute approximate surface area is 102 Å². The molecule has 98 valence electrons. The third kappa shape index (κ3) is 4.26. The van der Waals surface area contributed by atoms with Crippen LogP contribution in [0.1, 0.15) is 12.7 Å². The Hall–Kier alpha value is -2.35. The second-order valence-corrected chi connectivity index (χ2v) is 2.95. The van der Waals surface area contributed by atoms with Gasteiger partial charge in [0.2, 0.25) is 5.71 Å². The van der Waals surface area contributed by atoms with Gasteiger partial charge in [0.1, 0.15) is 0 Å². The van der Waals surface area contributed by atoms with E-state index in [9.17, 15) is 9.59 Å². The smallest absolute Gasteiger partial charge is 0.361 e. The summed E-state index contributed by atoms with van der Waals surface area (Å²) < 4.78 is 4.86. The van der Waals surface area contributed by atoms with Crippen LogP contribution in [0.4, 0.5) is 0 Å². The summed E-state index contributed by atoms with van der Waals surface area (Å²) in [6, 6.07) is 2.92. The third-order valence-electron chi connectivity index (χ3n) is 1.64. The molecule has 1 aromatic heterocycles. The molecular formula is C10H12N2O6. The largest absolute Gasteiger partial charge is 0.476 e. The van der Waals surface area contributed by atoms with Crippen molar-refractivity contribution in [3.05, 3.63) is 24.2 Å². The van der Waals surface area contributed by atoms with Crippen molar-refractivity contribution >= 4 is 17.6 Å². The molecule has 0 bridgehead atoms. The molecule has 18 heavy (non-hydrogen) atoms. The highest BCUT2D eigenvalue weighted by atomic mass is 16.7. The van der Waals surface area contributed by atoms with Gasteiger partial charge < -0.3 is 14.4 Å². The van der Waals surface area contributed by atoms with Gasteiger partial charge in [-0.1, -0.05) is 5.16 Å². The van der Waals surface area contributed by atoms with Crippen LogP contribution in [0.2, 0.25) is 0 Å². The van der Waals surface area contributed by atoms with E-state index in [0.29, 0.717) is 6.61 Å². The standard InChI is InChI=1S/C10H12N2O6/c1-2-17-11-8(13)6-18-12-9(10(14)15)7-4-3-5-16-7/h3-5H,2,6H2,1H3,(H,11,13)(H,14,15). The molecule has 1 heterocycles. The van der Waals surface area contributed by atoms with Gasteiger partial charge in [0.15, 0.2) is 12.4 Å². The van der Waals surface area contributed by atoms with E-state index >= 15 is 0 Å². The predicted octanol–water partition coefficient (Wildman–Crippen LogP) is 0.153. The number of hydrogen-bond acceptors (Lipinski definition) is 6. The highest BCUT2D eigenvalue weighted by molar-refractivity contribution is 6.41. The molecule has 1 amide bonds. The lowest BCUT2D eigenvalue weighted by Crippen LogP contribution is -2.27. The van der Waals surface area contributed by atoms with Crippen LogP contribution in [0.5, 0.6) is 0 Å². The molecule has 0 aliphatic heterocycles. The number of nitrogens with one attached hydrogen (secondary N) is 1. The summed E-state index contributed by atoms with van der Waals surface area (Å²) in [5.41, 5.74) is 1.64. The van der Waals surface area contributed by atoms with E-state index in [1.807, 2.05) is 0 Å². The van der Waals surface area contributed by atoms with Gasteiger partial charge in [0.05, 0.1) is 12.9 Å².